The number of nitrogens with one attached hydrogen (secondary N) is 1. The molecule has 1 aromatic rings. The molecule has 0 radical (unpaired) electrons. The summed E-state index contributed by atoms with van der Waals surface area (Å²) in [4.78, 5) is 7.87. The van der Waals surface area contributed by atoms with Gasteiger partial charge in [0.25, 0.3) is 0 Å². The molecule has 1 aromatic heterocycles. The van der Waals surface area contributed by atoms with Gasteiger partial charge in [-0.1, -0.05) is 12.2 Å². The fourth-order valence-electron chi connectivity index (χ4n) is 1.01. The SMILES string of the molecule is C/C=C/CCNCc1cncnc1. The molecule has 0 unspecified atom stereocenters. The summed E-state index contributed by atoms with van der Waals surface area (Å²) in [6.45, 7) is 3.88. The van der Waals surface area contributed by atoms with E-state index in [4.69, 9.17) is 0 Å². The molecule has 3 heteroatoms. The van der Waals surface area contributed by atoms with Crippen LogP contribution in [0.5, 0.6) is 0 Å². The normalized spacial score (nSPS) is 10.8. The molecule has 0 aromatic carbocycles. The Morgan fingerprint density at radius 3 is 2.85 bits per heavy atom. The van der Waals surface area contributed by atoms with Crippen molar-refractivity contribution in [2.75, 3.05) is 6.54 Å². The molecule has 1 heterocycles. The second kappa shape index (κ2) is 6.31. The first-order valence-corrected chi connectivity index (χ1v) is 4.49. The number of nitrogens with zero attached hydrogens (tertiary/aromatic N) is 2. The highest BCUT2D eigenvalue weighted by atomic mass is 14.9. The molecule has 0 fully saturated rings. The van der Waals surface area contributed by atoms with Gasteiger partial charge in [0.2, 0.25) is 0 Å². The van der Waals surface area contributed by atoms with Gasteiger partial charge in [0.15, 0.2) is 0 Å². The van der Waals surface area contributed by atoms with Crippen molar-refractivity contribution in [2.24, 2.45) is 0 Å². The first kappa shape index (κ1) is 9.86. The van der Waals surface area contributed by atoms with E-state index >= 15 is 0 Å². The Kier molecular flexibility index (Phi) is 4.79. The summed E-state index contributed by atoms with van der Waals surface area (Å²) in [5.41, 5.74) is 1.13. The monoisotopic (exact) mass is 177 g/mol. The van der Waals surface area contributed by atoms with Gasteiger partial charge in [0.1, 0.15) is 6.33 Å². The molecule has 1 N–H and O–H groups in total. The first-order chi connectivity index (χ1) is 6.43. The van der Waals surface area contributed by atoms with E-state index in [1.54, 1.807) is 6.33 Å². The lowest BCUT2D eigenvalue weighted by Gasteiger charge is -2.00. The minimum Gasteiger partial charge on any atom is -0.312 e. The number of hydrogen-bond donors (Lipinski definition) is 1. The number of rotatable bonds is 5. The van der Waals surface area contributed by atoms with Gasteiger partial charge in [-0.25, -0.2) is 9.97 Å². The minimum atomic E-state index is 0.846. The highest BCUT2D eigenvalue weighted by molar-refractivity contribution is 5.01. The Morgan fingerprint density at radius 2 is 2.15 bits per heavy atom. The van der Waals surface area contributed by atoms with Crippen molar-refractivity contribution in [1.29, 1.82) is 0 Å². The molecule has 1 rings (SSSR count). The molecular weight excluding hydrogens is 162 g/mol. The van der Waals surface area contributed by atoms with Crippen LogP contribution in [0.15, 0.2) is 30.9 Å². The fraction of sp³-hybridized carbons (Fsp3) is 0.400. The first-order valence-electron chi connectivity index (χ1n) is 4.49. The van der Waals surface area contributed by atoms with Crippen LogP contribution in [0.1, 0.15) is 18.9 Å². The van der Waals surface area contributed by atoms with E-state index in [1.807, 2.05) is 19.3 Å². The predicted octanol–water partition coefficient (Wildman–Crippen LogP) is 1.53. The topological polar surface area (TPSA) is 37.8 Å². The molecule has 0 amide bonds. The number of hydrogen-bond acceptors (Lipinski definition) is 3. The summed E-state index contributed by atoms with van der Waals surface area (Å²) >= 11 is 0. The van der Waals surface area contributed by atoms with E-state index in [9.17, 15) is 0 Å². The Hall–Kier alpha value is -1.22. The molecule has 0 aliphatic heterocycles. The molecule has 0 aliphatic carbocycles. The van der Waals surface area contributed by atoms with Crippen molar-refractivity contribution < 1.29 is 0 Å². The van der Waals surface area contributed by atoms with E-state index in [0.29, 0.717) is 0 Å². The molecule has 13 heavy (non-hydrogen) atoms. The zero-order valence-electron chi connectivity index (χ0n) is 7.90. The molecule has 0 spiro atoms. The van der Waals surface area contributed by atoms with Crippen LogP contribution < -0.4 is 5.32 Å². The lowest BCUT2D eigenvalue weighted by molar-refractivity contribution is 0.691. The number of aromatic nitrogens is 2. The average molecular weight is 177 g/mol. The quantitative estimate of drug-likeness (QED) is 0.547. The molecule has 3 nitrogen and oxygen atoms in total. The van der Waals surface area contributed by atoms with Gasteiger partial charge in [-0.05, 0) is 19.9 Å². The molecule has 0 atom stereocenters. The van der Waals surface area contributed by atoms with Crippen LogP contribution in [0.2, 0.25) is 0 Å². The van der Waals surface area contributed by atoms with Crippen LogP contribution in [0, 0.1) is 0 Å². The second-order valence-electron chi connectivity index (χ2n) is 2.78. The lowest BCUT2D eigenvalue weighted by atomic mass is 10.3. The third-order valence-corrected chi connectivity index (χ3v) is 1.67. The van der Waals surface area contributed by atoms with Crippen LogP contribution in [-0.2, 0) is 6.54 Å². The van der Waals surface area contributed by atoms with Crippen LogP contribution in [0.4, 0.5) is 0 Å². The van der Waals surface area contributed by atoms with E-state index < -0.39 is 0 Å². The molecule has 0 saturated heterocycles. The zero-order chi connectivity index (χ0) is 9.36. The van der Waals surface area contributed by atoms with Gasteiger partial charge >= 0.3 is 0 Å². The molecule has 0 saturated carbocycles. The lowest BCUT2D eigenvalue weighted by Crippen LogP contribution is -2.14. The highest BCUT2D eigenvalue weighted by Crippen LogP contribution is 1.91. The highest BCUT2D eigenvalue weighted by Gasteiger charge is 1.89. The van der Waals surface area contributed by atoms with Crippen molar-refractivity contribution >= 4 is 0 Å². The van der Waals surface area contributed by atoms with Crippen molar-refractivity contribution in [3.63, 3.8) is 0 Å². The minimum absolute atomic E-state index is 0.846. The van der Waals surface area contributed by atoms with Gasteiger partial charge in [-0.2, -0.15) is 0 Å². The Labute approximate surface area is 78.9 Å². The summed E-state index contributed by atoms with van der Waals surface area (Å²) < 4.78 is 0. The zero-order valence-corrected chi connectivity index (χ0v) is 7.90. The van der Waals surface area contributed by atoms with Crippen LogP contribution in [-0.4, -0.2) is 16.5 Å². The third-order valence-electron chi connectivity index (χ3n) is 1.67. The standard InChI is InChI=1S/C10H15N3/c1-2-3-4-5-11-6-10-7-12-9-13-8-10/h2-3,7-9,11H,4-6H2,1H3/b3-2+. The van der Waals surface area contributed by atoms with Gasteiger partial charge < -0.3 is 5.32 Å². The maximum atomic E-state index is 3.93. The second-order valence-corrected chi connectivity index (χ2v) is 2.78. The maximum absolute atomic E-state index is 3.93. The van der Waals surface area contributed by atoms with Crippen molar-refractivity contribution in [1.82, 2.24) is 15.3 Å². The Bertz CT molecular complexity index is 244. The molecule has 70 valence electrons. The van der Waals surface area contributed by atoms with Crippen LogP contribution in [0.3, 0.4) is 0 Å². The van der Waals surface area contributed by atoms with Gasteiger partial charge in [-0.3, -0.25) is 0 Å². The largest absolute Gasteiger partial charge is 0.312 e. The maximum Gasteiger partial charge on any atom is 0.115 e. The third kappa shape index (κ3) is 4.38. The van der Waals surface area contributed by atoms with Gasteiger partial charge in [0.05, 0.1) is 0 Å². The van der Waals surface area contributed by atoms with Crippen LogP contribution >= 0.6 is 0 Å². The van der Waals surface area contributed by atoms with E-state index in [-0.39, 0.29) is 0 Å². The molecule has 0 aliphatic rings. The van der Waals surface area contributed by atoms with Crippen molar-refractivity contribution in [2.45, 2.75) is 19.9 Å². The fourth-order valence-corrected chi connectivity index (χ4v) is 1.01. The van der Waals surface area contributed by atoms with E-state index in [1.165, 1.54) is 0 Å². The summed E-state index contributed by atoms with van der Waals surface area (Å²) in [6.07, 6.45) is 10.5. The van der Waals surface area contributed by atoms with E-state index in [0.717, 1.165) is 25.1 Å². The predicted molar refractivity (Wildman–Crippen MR) is 53.2 cm³/mol. The van der Waals surface area contributed by atoms with Crippen molar-refractivity contribution in [3.8, 4) is 0 Å². The average Bonchev–Trinajstić information content (AvgIpc) is 2.19. The summed E-state index contributed by atoms with van der Waals surface area (Å²) in [7, 11) is 0. The van der Waals surface area contributed by atoms with Gasteiger partial charge in [0, 0.05) is 24.5 Å². The van der Waals surface area contributed by atoms with E-state index in [2.05, 4.69) is 27.4 Å². The smallest absolute Gasteiger partial charge is 0.115 e. The summed E-state index contributed by atoms with van der Waals surface area (Å²) in [6, 6.07) is 0. The molecule has 0 bridgehead atoms. The van der Waals surface area contributed by atoms with Crippen LogP contribution in [0.25, 0.3) is 0 Å². The van der Waals surface area contributed by atoms with Gasteiger partial charge in [-0.15, -0.1) is 0 Å². The molecular formula is C10H15N3. The van der Waals surface area contributed by atoms with Crippen molar-refractivity contribution in [3.05, 3.63) is 36.4 Å². The number of allylic oxidation sites excluding steroid dienone is 1. The summed E-state index contributed by atoms with van der Waals surface area (Å²) in [5.74, 6) is 0. The Balaban J connectivity index is 2.13. The Morgan fingerprint density at radius 1 is 1.38 bits per heavy atom. The summed E-state index contributed by atoms with van der Waals surface area (Å²) in [5, 5.41) is 3.31.